The summed E-state index contributed by atoms with van der Waals surface area (Å²) in [6.07, 6.45) is 10.1. The minimum atomic E-state index is 0.870. The van der Waals surface area contributed by atoms with Crippen LogP contribution in [0, 0.1) is 0 Å². The molecule has 0 unspecified atom stereocenters. The molecule has 54 heavy (non-hydrogen) atoms. The maximum absolute atomic E-state index is 5.30. The van der Waals surface area contributed by atoms with E-state index in [0.717, 1.165) is 45.4 Å². The fourth-order valence-electron chi connectivity index (χ4n) is 8.05. The number of thiophene rings is 2. The number of hydrogen-bond donors (Lipinski definition) is 0. The molecule has 254 valence electrons. The number of imidazole rings is 1. The summed E-state index contributed by atoms with van der Waals surface area (Å²) in [6, 6.07) is 54.3. The van der Waals surface area contributed by atoms with E-state index in [-0.39, 0.29) is 0 Å². The Balaban J connectivity index is 1.11. The van der Waals surface area contributed by atoms with E-state index >= 15 is 0 Å². The summed E-state index contributed by atoms with van der Waals surface area (Å²) in [7, 11) is 0. The number of fused-ring (bicyclic) bond motifs is 7. The Morgan fingerprint density at radius 3 is 1.98 bits per heavy atom. The second-order valence-corrected chi connectivity index (χ2v) is 15.8. The molecule has 4 aromatic heterocycles. The zero-order valence-electron chi connectivity index (χ0n) is 29.1. The Hall–Kier alpha value is -6.40. The van der Waals surface area contributed by atoms with Gasteiger partial charge in [0.05, 0.1) is 16.6 Å². The lowest BCUT2D eigenvalue weighted by Gasteiger charge is -2.16. The molecule has 0 saturated carbocycles. The maximum atomic E-state index is 5.30. The van der Waals surface area contributed by atoms with Crippen LogP contribution in [-0.2, 0) is 0 Å². The quantitative estimate of drug-likeness (QED) is 0.177. The summed E-state index contributed by atoms with van der Waals surface area (Å²) in [4.78, 5) is 15.6. The molecule has 3 nitrogen and oxygen atoms in total. The lowest BCUT2D eigenvalue weighted by atomic mass is 9.89. The van der Waals surface area contributed by atoms with Gasteiger partial charge in [0.15, 0.2) is 0 Å². The van der Waals surface area contributed by atoms with Crippen molar-refractivity contribution in [2.75, 3.05) is 0 Å². The second-order valence-electron chi connectivity index (χ2n) is 13.6. The van der Waals surface area contributed by atoms with Crippen molar-refractivity contribution in [3.8, 4) is 53.2 Å². The smallest absolute Gasteiger partial charge is 0.149 e. The molecular formula is C49H31N3S2. The summed E-state index contributed by atoms with van der Waals surface area (Å²) in [5.41, 5.74) is 9.91. The van der Waals surface area contributed by atoms with Crippen LogP contribution in [0.5, 0.6) is 0 Å². The Morgan fingerprint density at radius 2 is 1.13 bits per heavy atom. The van der Waals surface area contributed by atoms with Crippen LogP contribution in [0.1, 0.15) is 6.42 Å². The molecule has 0 aliphatic heterocycles. The Bertz CT molecular complexity index is 3250. The van der Waals surface area contributed by atoms with Gasteiger partial charge in [0.1, 0.15) is 11.5 Å². The SMILES string of the molecule is C1=CCC=c2c(-c3cccc(-c4nc5ccccc5c5nc6ccccc6n45)c3)c3ccccc3c(-c3ccc(-c4ccc(-c5ccccc5)s4)s3)c2=C1. The first-order valence-corrected chi connectivity index (χ1v) is 19.9. The number of benzene rings is 6. The summed E-state index contributed by atoms with van der Waals surface area (Å²) in [5, 5.41) is 6.09. The molecule has 0 fully saturated rings. The van der Waals surface area contributed by atoms with Crippen molar-refractivity contribution in [3.05, 3.63) is 174 Å². The van der Waals surface area contributed by atoms with Gasteiger partial charge in [-0.1, -0.05) is 121 Å². The van der Waals surface area contributed by atoms with Gasteiger partial charge >= 0.3 is 0 Å². The summed E-state index contributed by atoms with van der Waals surface area (Å²) < 4.78 is 2.23. The third kappa shape index (κ3) is 5.01. The standard InChI is InChI=1S/C49H31N3S2/c1-3-14-31(15-4-1)42-26-27-43(53-42)44-28-29-45(54-44)47-36-19-6-2-5-18-34(36)46(35-20-7-8-21-37(35)47)32-16-13-17-33(30-32)48-50-39-23-10-9-22-38(39)49-51-40-24-11-12-25-41(40)52(48)49/h1-4,6-30H,5H2. The maximum Gasteiger partial charge on any atom is 0.149 e. The van der Waals surface area contributed by atoms with E-state index in [0.29, 0.717) is 0 Å². The normalized spacial score (nSPS) is 12.6. The van der Waals surface area contributed by atoms with Crippen molar-refractivity contribution in [1.82, 2.24) is 14.4 Å². The fraction of sp³-hybridized carbons (Fsp3) is 0.0204. The van der Waals surface area contributed by atoms with Crippen LogP contribution in [0.25, 0.3) is 104 Å². The zero-order valence-corrected chi connectivity index (χ0v) is 30.7. The molecule has 0 N–H and O–H groups in total. The van der Waals surface area contributed by atoms with Crippen molar-refractivity contribution in [3.63, 3.8) is 0 Å². The second kappa shape index (κ2) is 12.6. The lowest BCUT2D eigenvalue weighted by molar-refractivity contribution is 1.16. The van der Waals surface area contributed by atoms with Crippen LogP contribution in [-0.4, -0.2) is 14.4 Å². The van der Waals surface area contributed by atoms with Gasteiger partial charge in [0.2, 0.25) is 0 Å². The number of rotatable bonds is 5. The number of para-hydroxylation sites is 3. The molecule has 0 atom stereocenters. The minimum absolute atomic E-state index is 0.870. The van der Waals surface area contributed by atoms with Gasteiger partial charge in [0.25, 0.3) is 0 Å². The molecule has 0 bridgehead atoms. The van der Waals surface area contributed by atoms with E-state index in [2.05, 4.69) is 180 Å². The van der Waals surface area contributed by atoms with Crippen LogP contribution >= 0.6 is 22.7 Å². The van der Waals surface area contributed by atoms with E-state index in [9.17, 15) is 0 Å². The van der Waals surface area contributed by atoms with Crippen molar-refractivity contribution < 1.29 is 0 Å². The first kappa shape index (κ1) is 31.2. The van der Waals surface area contributed by atoms with E-state index < -0.39 is 0 Å². The highest BCUT2D eigenvalue weighted by Crippen LogP contribution is 2.42. The average Bonchev–Trinajstić information content (AvgIpc) is 3.96. The molecule has 0 spiro atoms. The van der Waals surface area contributed by atoms with Crippen LogP contribution in [0.3, 0.4) is 0 Å². The van der Waals surface area contributed by atoms with Gasteiger partial charge in [-0.25, -0.2) is 9.97 Å². The van der Waals surface area contributed by atoms with Gasteiger partial charge in [0, 0.05) is 36.0 Å². The predicted molar refractivity (Wildman–Crippen MR) is 230 cm³/mol. The van der Waals surface area contributed by atoms with Crippen molar-refractivity contribution in [2.45, 2.75) is 6.42 Å². The van der Waals surface area contributed by atoms with Crippen molar-refractivity contribution >= 4 is 73.2 Å². The van der Waals surface area contributed by atoms with Gasteiger partial charge in [-0.05, 0) is 98.9 Å². The van der Waals surface area contributed by atoms with Crippen LogP contribution in [0.4, 0.5) is 0 Å². The molecule has 0 saturated heterocycles. The number of nitrogens with zero attached hydrogens (tertiary/aromatic N) is 3. The first-order valence-electron chi connectivity index (χ1n) is 18.2. The third-order valence-corrected chi connectivity index (χ3v) is 12.9. The number of aromatic nitrogens is 3. The summed E-state index contributed by atoms with van der Waals surface area (Å²) in [6.45, 7) is 0. The molecule has 10 aromatic rings. The predicted octanol–water partition coefficient (Wildman–Crippen LogP) is 12.2. The average molecular weight is 726 g/mol. The highest BCUT2D eigenvalue weighted by Gasteiger charge is 2.20. The van der Waals surface area contributed by atoms with E-state index in [4.69, 9.17) is 9.97 Å². The lowest BCUT2D eigenvalue weighted by Crippen LogP contribution is -2.29. The van der Waals surface area contributed by atoms with Gasteiger partial charge in [-0.3, -0.25) is 4.40 Å². The largest absolute Gasteiger partial charge is 0.276 e. The molecule has 0 amide bonds. The van der Waals surface area contributed by atoms with E-state index in [1.54, 1.807) is 0 Å². The van der Waals surface area contributed by atoms with Gasteiger partial charge in [-0.2, -0.15) is 0 Å². The Kier molecular flexibility index (Phi) is 7.29. The van der Waals surface area contributed by atoms with Crippen LogP contribution in [0.2, 0.25) is 0 Å². The molecule has 1 aliphatic rings. The minimum Gasteiger partial charge on any atom is -0.276 e. The number of hydrogen-bond acceptors (Lipinski definition) is 4. The highest BCUT2D eigenvalue weighted by molar-refractivity contribution is 7.25. The molecule has 4 heterocycles. The van der Waals surface area contributed by atoms with E-state index in [1.807, 2.05) is 22.7 Å². The Morgan fingerprint density at radius 1 is 0.481 bits per heavy atom. The summed E-state index contributed by atoms with van der Waals surface area (Å²) in [5.74, 6) is 0.888. The summed E-state index contributed by atoms with van der Waals surface area (Å²) >= 11 is 3.74. The van der Waals surface area contributed by atoms with Gasteiger partial charge in [-0.15, -0.1) is 22.7 Å². The molecule has 11 rings (SSSR count). The van der Waals surface area contributed by atoms with Crippen molar-refractivity contribution in [2.24, 2.45) is 0 Å². The molecule has 0 radical (unpaired) electrons. The van der Waals surface area contributed by atoms with Crippen molar-refractivity contribution in [1.29, 1.82) is 0 Å². The molecule has 1 aliphatic carbocycles. The molecule has 6 aromatic carbocycles. The fourth-order valence-corrected chi connectivity index (χ4v) is 10.2. The first-order chi connectivity index (χ1) is 26.8. The highest BCUT2D eigenvalue weighted by atomic mass is 32.1. The Labute approximate surface area is 319 Å². The molecular weight excluding hydrogens is 695 g/mol. The molecule has 5 heteroatoms. The van der Waals surface area contributed by atoms with E-state index in [1.165, 1.54) is 63.0 Å². The van der Waals surface area contributed by atoms with Crippen LogP contribution < -0.4 is 10.4 Å². The zero-order chi connectivity index (χ0) is 35.6. The monoisotopic (exact) mass is 725 g/mol. The topological polar surface area (TPSA) is 30.2 Å². The van der Waals surface area contributed by atoms with Gasteiger partial charge < -0.3 is 0 Å². The third-order valence-electron chi connectivity index (χ3n) is 10.5. The van der Waals surface area contributed by atoms with Crippen LogP contribution in [0.15, 0.2) is 164 Å². The number of allylic oxidation sites excluding steroid dienone is 2.